The second kappa shape index (κ2) is 3.36. The van der Waals surface area contributed by atoms with Gasteiger partial charge < -0.3 is 4.74 Å². The lowest BCUT2D eigenvalue weighted by molar-refractivity contribution is 0.161. The van der Waals surface area contributed by atoms with Crippen molar-refractivity contribution in [2.45, 2.75) is 26.4 Å². The fourth-order valence-corrected chi connectivity index (χ4v) is 2.36. The molecule has 2 aromatic rings. The molecule has 17 heavy (non-hydrogen) atoms. The van der Waals surface area contributed by atoms with Crippen molar-refractivity contribution in [1.82, 2.24) is 0 Å². The molecule has 0 amide bonds. The minimum Gasteiger partial charge on any atom is -0.482 e. The summed E-state index contributed by atoms with van der Waals surface area (Å²) in [6.07, 6.45) is 4.30. The lowest BCUT2D eigenvalue weighted by Crippen LogP contribution is -2.27. The molecule has 1 heteroatoms. The summed E-state index contributed by atoms with van der Waals surface area (Å²) in [4.78, 5) is 0. The summed E-state index contributed by atoms with van der Waals surface area (Å²) < 4.78 is 6.13. The van der Waals surface area contributed by atoms with Gasteiger partial charge in [-0.1, -0.05) is 36.4 Å². The molecule has 0 saturated heterocycles. The predicted octanol–water partition coefficient (Wildman–Crippen LogP) is 4.33. The fourth-order valence-electron chi connectivity index (χ4n) is 2.36. The van der Waals surface area contributed by atoms with E-state index in [1.54, 1.807) is 0 Å². The van der Waals surface area contributed by atoms with Crippen LogP contribution < -0.4 is 4.74 Å². The Kier molecular flexibility index (Phi) is 2.06. The molecular weight excluding hydrogens is 208 g/mol. The van der Waals surface area contributed by atoms with Crippen LogP contribution in [0.2, 0.25) is 0 Å². The van der Waals surface area contributed by atoms with Gasteiger partial charge in [-0.05, 0) is 37.8 Å². The van der Waals surface area contributed by atoms with E-state index in [9.17, 15) is 0 Å². The average Bonchev–Trinajstić information content (AvgIpc) is 2.28. The second-order valence-electron chi connectivity index (χ2n) is 5.20. The third-order valence-corrected chi connectivity index (χ3v) is 3.26. The Morgan fingerprint density at radius 1 is 1.12 bits per heavy atom. The van der Waals surface area contributed by atoms with Gasteiger partial charge in [-0.25, -0.2) is 0 Å². The summed E-state index contributed by atoms with van der Waals surface area (Å²) in [7, 11) is 0. The van der Waals surface area contributed by atoms with Crippen LogP contribution in [-0.2, 0) is 0 Å². The van der Waals surface area contributed by atoms with Gasteiger partial charge in [-0.15, -0.1) is 0 Å². The average molecular weight is 224 g/mol. The third kappa shape index (κ3) is 1.62. The molecule has 3 rings (SSSR count). The van der Waals surface area contributed by atoms with Crippen LogP contribution in [0.25, 0.3) is 16.8 Å². The third-order valence-electron chi connectivity index (χ3n) is 3.26. The Hall–Kier alpha value is -1.76. The van der Waals surface area contributed by atoms with Gasteiger partial charge in [-0.2, -0.15) is 0 Å². The molecule has 0 aromatic heterocycles. The van der Waals surface area contributed by atoms with E-state index in [-0.39, 0.29) is 5.60 Å². The van der Waals surface area contributed by atoms with E-state index in [1.165, 1.54) is 21.9 Å². The zero-order valence-corrected chi connectivity index (χ0v) is 10.4. The van der Waals surface area contributed by atoms with Gasteiger partial charge in [0.15, 0.2) is 0 Å². The molecule has 1 aliphatic rings. The summed E-state index contributed by atoms with van der Waals surface area (Å²) in [6.45, 7) is 6.31. The number of aryl methyl sites for hydroxylation is 1. The van der Waals surface area contributed by atoms with Gasteiger partial charge >= 0.3 is 0 Å². The van der Waals surface area contributed by atoms with Crippen LogP contribution in [0.3, 0.4) is 0 Å². The predicted molar refractivity (Wildman–Crippen MR) is 72.4 cm³/mol. The van der Waals surface area contributed by atoms with E-state index in [0.29, 0.717) is 0 Å². The summed E-state index contributed by atoms with van der Waals surface area (Å²) >= 11 is 0. The molecule has 0 saturated carbocycles. The molecule has 1 aliphatic heterocycles. The SMILES string of the molecule is Cc1cc2ccccc2c2c1C=CC(C)(C)O2. The normalized spacial score (nSPS) is 16.6. The second-order valence-corrected chi connectivity index (χ2v) is 5.20. The van der Waals surface area contributed by atoms with Crippen molar-refractivity contribution in [1.29, 1.82) is 0 Å². The topological polar surface area (TPSA) is 9.23 Å². The van der Waals surface area contributed by atoms with Gasteiger partial charge in [0, 0.05) is 10.9 Å². The molecule has 0 spiro atoms. The molecular formula is C16H16O. The summed E-state index contributed by atoms with van der Waals surface area (Å²) in [5.41, 5.74) is 2.26. The maximum atomic E-state index is 6.13. The van der Waals surface area contributed by atoms with Crippen molar-refractivity contribution in [2.75, 3.05) is 0 Å². The van der Waals surface area contributed by atoms with Crippen LogP contribution in [0.4, 0.5) is 0 Å². The van der Waals surface area contributed by atoms with E-state index in [4.69, 9.17) is 4.74 Å². The van der Waals surface area contributed by atoms with Crippen LogP contribution in [0, 0.1) is 6.92 Å². The minimum absolute atomic E-state index is 0.219. The lowest BCUT2D eigenvalue weighted by Gasteiger charge is -2.29. The van der Waals surface area contributed by atoms with Crippen molar-refractivity contribution in [2.24, 2.45) is 0 Å². The minimum atomic E-state index is -0.219. The van der Waals surface area contributed by atoms with Gasteiger partial charge in [0.2, 0.25) is 0 Å². The number of hydrogen-bond donors (Lipinski definition) is 0. The number of ether oxygens (including phenoxy) is 1. The van der Waals surface area contributed by atoms with Crippen molar-refractivity contribution in [3.63, 3.8) is 0 Å². The summed E-state index contributed by atoms with van der Waals surface area (Å²) in [6, 6.07) is 10.6. The summed E-state index contributed by atoms with van der Waals surface area (Å²) in [5.74, 6) is 1.02. The smallest absolute Gasteiger partial charge is 0.135 e. The van der Waals surface area contributed by atoms with Gasteiger partial charge in [-0.3, -0.25) is 0 Å². The van der Waals surface area contributed by atoms with Crippen LogP contribution in [0.1, 0.15) is 25.0 Å². The lowest BCUT2D eigenvalue weighted by atomic mass is 9.95. The zero-order chi connectivity index (χ0) is 12.0. The van der Waals surface area contributed by atoms with Gasteiger partial charge in [0.05, 0.1) is 0 Å². The molecule has 1 heterocycles. The quantitative estimate of drug-likeness (QED) is 0.647. The highest BCUT2D eigenvalue weighted by atomic mass is 16.5. The maximum absolute atomic E-state index is 6.13. The first-order valence-corrected chi connectivity index (χ1v) is 5.97. The number of fused-ring (bicyclic) bond motifs is 3. The van der Waals surface area contributed by atoms with Crippen molar-refractivity contribution < 1.29 is 4.74 Å². The highest BCUT2D eigenvalue weighted by Crippen LogP contribution is 2.39. The Morgan fingerprint density at radius 3 is 2.71 bits per heavy atom. The maximum Gasteiger partial charge on any atom is 0.135 e. The highest BCUT2D eigenvalue weighted by Gasteiger charge is 2.24. The fraction of sp³-hybridized carbons (Fsp3) is 0.250. The van der Waals surface area contributed by atoms with Crippen molar-refractivity contribution in [3.05, 3.63) is 47.5 Å². The number of hydrogen-bond acceptors (Lipinski definition) is 1. The first-order valence-electron chi connectivity index (χ1n) is 5.97. The van der Waals surface area contributed by atoms with Gasteiger partial charge in [0.1, 0.15) is 11.4 Å². The number of rotatable bonds is 0. The zero-order valence-electron chi connectivity index (χ0n) is 10.4. The van der Waals surface area contributed by atoms with E-state index >= 15 is 0 Å². The molecule has 86 valence electrons. The first-order chi connectivity index (χ1) is 8.07. The van der Waals surface area contributed by atoms with Crippen molar-refractivity contribution in [3.8, 4) is 5.75 Å². The van der Waals surface area contributed by atoms with Crippen LogP contribution >= 0.6 is 0 Å². The largest absolute Gasteiger partial charge is 0.482 e. The van der Waals surface area contributed by atoms with E-state index in [1.807, 2.05) is 0 Å². The molecule has 0 atom stereocenters. The van der Waals surface area contributed by atoms with E-state index < -0.39 is 0 Å². The standard InChI is InChI=1S/C16H16O/c1-11-10-12-6-4-5-7-14(12)15-13(11)8-9-16(2,3)17-15/h4-10H,1-3H3. The van der Waals surface area contributed by atoms with E-state index in [0.717, 1.165) is 5.75 Å². The van der Waals surface area contributed by atoms with E-state index in [2.05, 4.69) is 63.3 Å². The molecule has 0 unspecified atom stereocenters. The Balaban J connectivity index is 2.37. The number of benzene rings is 2. The monoisotopic (exact) mass is 224 g/mol. The Bertz CT molecular complexity index is 621. The Labute approximate surface area is 102 Å². The molecule has 0 bridgehead atoms. The summed E-state index contributed by atoms with van der Waals surface area (Å²) in [5, 5.41) is 2.44. The molecule has 0 fully saturated rings. The first kappa shape index (κ1) is 10.4. The Morgan fingerprint density at radius 2 is 1.88 bits per heavy atom. The van der Waals surface area contributed by atoms with Crippen LogP contribution in [0.15, 0.2) is 36.4 Å². The molecule has 0 radical (unpaired) electrons. The van der Waals surface area contributed by atoms with Crippen molar-refractivity contribution >= 4 is 16.8 Å². The molecule has 0 aliphatic carbocycles. The van der Waals surface area contributed by atoms with Crippen LogP contribution in [0.5, 0.6) is 5.75 Å². The van der Waals surface area contributed by atoms with Crippen LogP contribution in [-0.4, -0.2) is 5.60 Å². The molecule has 0 N–H and O–H groups in total. The van der Waals surface area contributed by atoms with Gasteiger partial charge in [0.25, 0.3) is 0 Å². The molecule has 1 nitrogen and oxygen atoms in total. The highest BCUT2D eigenvalue weighted by molar-refractivity contribution is 5.93. The molecule has 2 aromatic carbocycles.